The molecule has 0 amide bonds. The van der Waals surface area contributed by atoms with E-state index in [4.69, 9.17) is 11.6 Å². The quantitative estimate of drug-likeness (QED) is 0.191. The number of halogens is 1. The highest BCUT2D eigenvalue weighted by Gasteiger charge is 2.26. The fraction of sp³-hybridized carbons (Fsp3) is 0.281. The molecule has 5 aromatic heterocycles. The molecular weight excluding hydrogens is 632 g/mol. The number of H-pyrrole nitrogens is 1. The second-order valence-corrected chi connectivity index (χ2v) is 11.9. The second-order valence-electron chi connectivity index (χ2n) is 11.5. The normalized spacial score (nSPS) is 13.5. The monoisotopic (exact) mass is 666 g/mol. The maximum atomic E-state index is 12.5. The van der Waals surface area contributed by atoms with Crippen LogP contribution in [0, 0.1) is 6.92 Å². The Morgan fingerprint density at radius 1 is 0.896 bits per heavy atom. The van der Waals surface area contributed by atoms with Crippen molar-refractivity contribution in [2.75, 3.05) is 48.0 Å². The van der Waals surface area contributed by atoms with Gasteiger partial charge in [0.25, 0.3) is 0 Å². The maximum absolute atomic E-state index is 12.5. The Balaban J connectivity index is 0.000000161. The standard InChI is InChI=1S/C18H19ClN8O.C14H16N6/c1-20-17-24-23-16-15(21-6-9-26(16)17)25-7-4-12(5-8-25)27-14-3-2-11(19)10-13(14)22-18(27)28;1-10-4-3-5-11(8-10)9-17-12-13-18-19-14(15-2)20(13)7-6-16-12/h2-3,6,9-10,12H,4-5,7-8H2,1H3,(H,20,24)(H,22,28);3-8H,9H2,1-2H3,(H,15,19)(H,16,17). The number of anilines is 4. The average molecular weight is 667 g/mol. The van der Waals surface area contributed by atoms with Crippen molar-refractivity contribution in [2.24, 2.45) is 0 Å². The van der Waals surface area contributed by atoms with Crippen LogP contribution in [-0.4, -0.2) is 75.9 Å². The summed E-state index contributed by atoms with van der Waals surface area (Å²) < 4.78 is 5.61. The highest BCUT2D eigenvalue weighted by Crippen LogP contribution is 2.29. The number of nitrogens with one attached hydrogen (secondary N) is 4. The van der Waals surface area contributed by atoms with E-state index in [1.807, 2.05) is 52.0 Å². The van der Waals surface area contributed by atoms with Crippen molar-refractivity contribution >= 4 is 57.5 Å². The molecule has 1 fully saturated rings. The van der Waals surface area contributed by atoms with Crippen LogP contribution in [-0.2, 0) is 6.54 Å². The molecule has 0 saturated carbocycles. The van der Waals surface area contributed by atoms with Gasteiger partial charge in [-0.3, -0.25) is 13.4 Å². The van der Waals surface area contributed by atoms with Gasteiger partial charge in [-0.25, -0.2) is 14.8 Å². The third-order valence-electron chi connectivity index (χ3n) is 8.43. The van der Waals surface area contributed by atoms with Gasteiger partial charge in [0.1, 0.15) is 0 Å². The molecular formula is C32H35ClN14O. The molecule has 6 heterocycles. The molecule has 7 aromatic rings. The zero-order valence-corrected chi connectivity index (χ0v) is 27.5. The van der Waals surface area contributed by atoms with Gasteiger partial charge < -0.3 is 25.8 Å². The van der Waals surface area contributed by atoms with Gasteiger partial charge in [-0.1, -0.05) is 41.4 Å². The molecule has 2 aromatic carbocycles. The zero-order valence-electron chi connectivity index (χ0n) is 26.7. The van der Waals surface area contributed by atoms with Crippen molar-refractivity contribution in [3.8, 4) is 0 Å². The van der Waals surface area contributed by atoms with E-state index in [1.165, 1.54) is 11.1 Å². The summed E-state index contributed by atoms with van der Waals surface area (Å²) >= 11 is 6.05. The smallest absolute Gasteiger partial charge is 0.326 e. The van der Waals surface area contributed by atoms with Crippen LogP contribution in [0.15, 0.2) is 72.0 Å². The minimum atomic E-state index is -0.0907. The van der Waals surface area contributed by atoms with Gasteiger partial charge in [0.2, 0.25) is 23.2 Å². The number of piperidine rings is 1. The highest BCUT2D eigenvalue weighted by atomic mass is 35.5. The van der Waals surface area contributed by atoms with E-state index in [0.717, 1.165) is 54.2 Å². The Labute approximate surface area is 280 Å². The summed E-state index contributed by atoms with van der Waals surface area (Å²) in [4.78, 5) is 26.5. The summed E-state index contributed by atoms with van der Waals surface area (Å²) in [5, 5.41) is 26.6. The molecule has 0 aliphatic carbocycles. The summed E-state index contributed by atoms with van der Waals surface area (Å²) in [6, 6.07) is 14.0. The molecule has 8 rings (SSSR count). The van der Waals surface area contributed by atoms with E-state index in [0.29, 0.717) is 29.1 Å². The number of aromatic amines is 1. The molecule has 1 saturated heterocycles. The molecule has 16 heteroatoms. The fourth-order valence-electron chi connectivity index (χ4n) is 6.14. The molecule has 15 nitrogen and oxygen atoms in total. The highest BCUT2D eigenvalue weighted by molar-refractivity contribution is 6.31. The van der Waals surface area contributed by atoms with Gasteiger partial charge in [-0.2, -0.15) is 0 Å². The lowest BCUT2D eigenvalue weighted by molar-refractivity contribution is 0.395. The average Bonchev–Trinajstić information content (AvgIpc) is 3.82. The molecule has 1 aliphatic heterocycles. The number of hydrogen-bond acceptors (Lipinski definition) is 11. The van der Waals surface area contributed by atoms with E-state index in [2.05, 4.69) is 87.4 Å². The van der Waals surface area contributed by atoms with E-state index >= 15 is 0 Å². The third-order valence-corrected chi connectivity index (χ3v) is 8.67. The summed E-state index contributed by atoms with van der Waals surface area (Å²) in [6.45, 7) is 4.36. The Morgan fingerprint density at radius 2 is 1.60 bits per heavy atom. The number of benzene rings is 2. The Kier molecular flexibility index (Phi) is 8.50. The van der Waals surface area contributed by atoms with E-state index in [-0.39, 0.29) is 11.7 Å². The van der Waals surface area contributed by atoms with Crippen molar-refractivity contribution < 1.29 is 0 Å². The van der Waals surface area contributed by atoms with Crippen LogP contribution in [0.4, 0.5) is 23.5 Å². The number of imidazole rings is 1. The zero-order chi connectivity index (χ0) is 33.2. The van der Waals surface area contributed by atoms with Crippen LogP contribution in [0.3, 0.4) is 0 Å². The van der Waals surface area contributed by atoms with Crippen molar-refractivity contribution in [1.82, 2.24) is 48.7 Å². The van der Waals surface area contributed by atoms with E-state index in [1.54, 1.807) is 18.5 Å². The lowest BCUT2D eigenvalue weighted by Gasteiger charge is -2.33. The molecule has 246 valence electrons. The van der Waals surface area contributed by atoms with Crippen LogP contribution < -0.4 is 26.5 Å². The fourth-order valence-corrected chi connectivity index (χ4v) is 6.31. The van der Waals surface area contributed by atoms with Gasteiger partial charge in [-0.05, 0) is 43.5 Å². The summed E-state index contributed by atoms with van der Waals surface area (Å²) in [5.74, 6) is 2.91. The SMILES string of the molecule is CNc1nnc2c(N3CCC(n4c(=O)[nH]c5cc(Cl)ccc54)CC3)nccn12.CNc1nnc2c(NCc3cccc(C)c3)nccn12. The number of nitrogens with zero attached hydrogens (tertiary/aromatic N) is 10. The number of aryl methyl sites for hydroxylation is 1. The lowest BCUT2D eigenvalue weighted by Crippen LogP contribution is -2.37. The van der Waals surface area contributed by atoms with Gasteiger partial charge in [0, 0.05) is 69.6 Å². The number of aromatic nitrogens is 10. The summed E-state index contributed by atoms with van der Waals surface area (Å²) in [7, 11) is 3.63. The molecule has 0 unspecified atom stereocenters. The summed E-state index contributed by atoms with van der Waals surface area (Å²) in [6.07, 6.45) is 8.84. The third kappa shape index (κ3) is 5.95. The largest absolute Gasteiger partial charge is 0.363 e. The first-order chi connectivity index (χ1) is 23.4. The Hall–Kier alpha value is -5.70. The van der Waals surface area contributed by atoms with Crippen LogP contribution in [0.25, 0.3) is 22.3 Å². The van der Waals surface area contributed by atoms with Gasteiger partial charge in [-0.15, -0.1) is 20.4 Å². The van der Waals surface area contributed by atoms with E-state index in [9.17, 15) is 4.79 Å². The lowest BCUT2D eigenvalue weighted by atomic mass is 10.0. The Morgan fingerprint density at radius 3 is 2.33 bits per heavy atom. The second kappa shape index (κ2) is 13.2. The minimum Gasteiger partial charge on any atom is -0.363 e. The van der Waals surface area contributed by atoms with Gasteiger partial charge in [0.15, 0.2) is 11.6 Å². The molecule has 1 aliphatic rings. The first-order valence-corrected chi connectivity index (χ1v) is 16.0. The number of fused-ring (bicyclic) bond motifs is 3. The maximum Gasteiger partial charge on any atom is 0.326 e. The first kappa shape index (κ1) is 30.9. The minimum absolute atomic E-state index is 0.0907. The van der Waals surface area contributed by atoms with Gasteiger partial charge >= 0.3 is 5.69 Å². The predicted octanol–water partition coefficient (Wildman–Crippen LogP) is 4.39. The van der Waals surface area contributed by atoms with Crippen molar-refractivity contribution in [2.45, 2.75) is 32.4 Å². The van der Waals surface area contributed by atoms with Crippen molar-refractivity contribution in [1.29, 1.82) is 0 Å². The van der Waals surface area contributed by atoms with Crippen molar-refractivity contribution in [3.63, 3.8) is 0 Å². The van der Waals surface area contributed by atoms with Crippen LogP contribution >= 0.6 is 11.6 Å². The van der Waals surface area contributed by atoms with E-state index < -0.39 is 0 Å². The summed E-state index contributed by atoms with van der Waals surface area (Å²) in [5.41, 5.74) is 5.47. The predicted molar refractivity (Wildman–Crippen MR) is 187 cm³/mol. The Bertz CT molecular complexity index is 2260. The molecule has 48 heavy (non-hydrogen) atoms. The molecule has 0 radical (unpaired) electrons. The van der Waals surface area contributed by atoms with Crippen LogP contribution in [0.2, 0.25) is 5.02 Å². The van der Waals surface area contributed by atoms with Crippen LogP contribution in [0.1, 0.15) is 30.0 Å². The number of rotatable bonds is 7. The van der Waals surface area contributed by atoms with Crippen LogP contribution in [0.5, 0.6) is 0 Å². The topological polar surface area (TPSA) is 163 Å². The molecule has 0 spiro atoms. The van der Waals surface area contributed by atoms with Gasteiger partial charge in [0.05, 0.1) is 11.0 Å². The molecule has 0 atom stereocenters. The first-order valence-electron chi connectivity index (χ1n) is 15.6. The molecule has 0 bridgehead atoms. The number of hydrogen-bond donors (Lipinski definition) is 4. The molecule has 4 N–H and O–H groups in total. The van der Waals surface area contributed by atoms with Crippen molar-refractivity contribution in [3.05, 3.63) is 93.9 Å².